The zero-order valence-corrected chi connectivity index (χ0v) is 12.9. The molecule has 2 rings (SSSR count). The van der Waals surface area contributed by atoms with Crippen molar-refractivity contribution in [3.63, 3.8) is 0 Å². The first-order chi connectivity index (χ1) is 9.20. The van der Waals surface area contributed by atoms with Crippen LogP contribution in [0.15, 0.2) is 0 Å². The lowest BCUT2D eigenvalue weighted by Crippen LogP contribution is -2.32. The Labute approximate surface area is 122 Å². The first-order valence-corrected chi connectivity index (χ1v) is 8.53. The van der Waals surface area contributed by atoms with Gasteiger partial charge in [-0.25, -0.2) is 13.1 Å². The van der Waals surface area contributed by atoms with Crippen molar-refractivity contribution in [2.75, 3.05) is 11.5 Å². The van der Waals surface area contributed by atoms with Gasteiger partial charge in [0, 0.05) is 0 Å². The van der Waals surface area contributed by atoms with Gasteiger partial charge in [-0.15, -0.1) is 0 Å². The molecule has 7 nitrogen and oxygen atoms in total. The summed E-state index contributed by atoms with van der Waals surface area (Å²) in [6, 6.07) is 0. The number of nitrogens with zero attached hydrogens (tertiary/aromatic N) is 3. The third-order valence-corrected chi connectivity index (χ3v) is 5.77. The van der Waals surface area contributed by atoms with Crippen molar-refractivity contribution in [3.05, 3.63) is 21.0 Å². The van der Waals surface area contributed by atoms with Crippen molar-refractivity contribution < 1.29 is 13.3 Å². The molecule has 0 aliphatic carbocycles. The molecule has 2 heterocycles. The van der Waals surface area contributed by atoms with E-state index < -0.39 is 20.3 Å². The van der Waals surface area contributed by atoms with Gasteiger partial charge in [-0.1, -0.05) is 24.9 Å². The molecule has 0 aromatic carbocycles. The topological polar surface area (TPSA) is 95.1 Å². The predicted octanol–water partition coefficient (Wildman–Crippen LogP) is 1.93. The number of aryl methyl sites for hydroxylation is 1. The van der Waals surface area contributed by atoms with Gasteiger partial charge in [-0.05, 0) is 19.8 Å². The van der Waals surface area contributed by atoms with Gasteiger partial charge >= 0.3 is 5.69 Å². The molecule has 9 heteroatoms. The van der Waals surface area contributed by atoms with Crippen LogP contribution in [0.5, 0.6) is 0 Å². The van der Waals surface area contributed by atoms with Crippen molar-refractivity contribution >= 4 is 27.1 Å². The molecular formula is C11H16ClN3O4S. The third-order valence-electron chi connectivity index (χ3n) is 3.54. The molecular weight excluding hydrogens is 306 g/mol. The summed E-state index contributed by atoms with van der Waals surface area (Å²) in [6.07, 6.45) is 1.49. The Kier molecular flexibility index (Phi) is 3.81. The highest BCUT2D eigenvalue weighted by molar-refractivity contribution is 7.91. The van der Waals surface area contributed by atoms with Crippen LogP contribution in [0.4, 0.5) is 5.69 Å². The van der Waals surface area contributed by atoms with E-state index in [9.17, 15) is 18.5 Å². The van der Waals surface area contributed by atoms with Crippen LogP contribution < -0.4 is 0 Å². The molecule has 112 valence electrons. The first kappa shape index (κ1) is 15.2. The van der Waals surface area contributed by atoms with Crippen molar-refractivity contribution in [2.45, 2.75) is 38.6 Å². The van der Waals surface area contributed by atoms with Gasteiger partial charge in [0.2, 0.25) is 5.15 Å². The Morgan fingerprint density at radius 3 is 2.65 bits per heavy atom. The second-order valence-corrected chi connectivity index (χ2v) is 7.89. The zero-order valence-electron chi connectivity index (χ0n) is 11.3. The standard InChI is InChI=1S/C11H16ClN3O4S/c1-3-4-8-9(15(16)17)10(12)14(13-8)11(2)5-6-20(18,19)7-11/h3-7H2,1-2H3. The normalized spacial score (nSPS) is 24.9. The Balaban J connectivity index is 2.53. The maximum atomic E-state index is 11.7. The molecule has 0 amide bonds. The quantitative estimate of drug-likeness (QED) is 0.623. The van der Waals surface area contributed by atoms with Crippen molar-refractivity contribution in [1.82, 2.24) is 9.78 Å². The van der Waals surface area contributed by atoms with E-state index in [1.807, 2.05) is 6.92 Å². The van der Waals surface area contributed by atoms with Crippen LogP contribution in [0.2, 0.25) is 5.15 Å². The number of hydrogen-bond acceptors (Lipinski definition) is 5. The van der Waals surface area contributed by atoms with E-state index in [1.165, 1.54) is 4.68 Å². The van der Waals surface area contributed by atoms with E-state index in [0.717, 1.165) is 0 Å². The molecule has 1 aromatic heterocycles. The van der Waals surface area contributed by atoms with E-state index in [0.29, 0.717) is 25.0 Å². The Morgan fingerprint density at radius 1 is 1.55 bits per heavy atom. The zero-order chi connectivity index (χ0) is 15.1. The van der Waals surface area contributed by atoms with Gasteiger partial charge in [0.15, 0.2) is 9.84 Å². The highest BCUT2D eigenvalue weighted by Crippen LogP contribution is 2.38. The van der Waals surface area contributed by atoms with Crippen LogP contribution in [0.1, 0.15) is 32.4 Å². The summed E-state index contributed by atoms with van der Waals surface area (Å²) >= 11 is 6.09. The van der Waals surface area contributed by atoms with Crippen LogP contribution in [-0.4, -0.2) is 34.6 Å². The Morgan fingerprint density at radius 2 is 2.20 bits per heavy atom. The largest absolute Gasteiger partial charge is 0.329 e. The van der Waals surface area contributed by atoms with Crippen molar-refractivity contribution in [2.24, 2.45) is 0 Å². The van der Waals surface area contributed by atoms with Crippen LogP contribution in [0, 0.1) is 10.1 Å². The number of rotatable bonds is 4. The summed E-state index contributed by atoms with van der Waals surface area (Å²) in [5, 5.41) is 15.3. The van der Waals surface area contributed by atoms with Crippen LogP contribution in [-0.2, 0) is 21.8 Å². The van der Waals surface area contributed by atoms with E-state index in [2.05, 4.69) is 5.10 Å². The lowest BCUT2D eigenvalue weighted by Gasteiger charge is -2.23. The number of nitro groups is 1. The van der Waals surface area contributed by atoms with Gasteiger partial charge in [-0.2, -0.15) is 5.10 Å². The Hall–Kier alpha value is -1.15. The van der Waals surface area contributed by atoms with Gasteiger partial charge in [0.1, 0.15) is 5.69 Å². The minimum absolute atomic E-state index is 0.0522. The molecule has 1 unspecified atom stereocenters. The summed E-state index contributed by atoms with van der Waals surface area (Å²) in [4.78, 5) is 10.6. The van der Waals surface area contributed by atoms with Crippen molar-refractivity contribution in [3.8, 4) is 0 Å². The summed E-state index contributed by atoms with van der Waals surface area (Å²) in [6.45, 7) is 3.61. The van der Waals surface area contributed by atoms with Gasteiger partial charge in [0.05, 0.1) is 22.0 Å². The fraction of sp³-hybridized carbons (Fsp3) is 0.727. The van der Waals surface area contributed by atoms with E-state index in [1.54, 1.807) is 6.92 Å². The van der Waals surface area contributed by atoms with Crippen LogP contribution in [0.25, 0.3) is 0 Å². The highest BCUT2D eigenvalue weighted by atomic mass is 35.5. The lowest BCUT2D eigenvalue weighted by molar-refractivity contribution is -0.385. The second kappa shape index (κ2) is 5.00. The highest BCUT2D eigenvalue weighted by Gasteiger charge is 2.44. The molecule has 0 bridgehead atoms. The number of hydrogen-bond donors (Lipinski definition) is 0. The summed E-state index contributed by atoms with van der Waals surface area (Å²) in [5.41, 5.74) is -0.709. The maximum absolute atomic E-state index is 11.7. The predicted molar refractivity (Wildman–Crippen MR) is 74.8 cm³/mol. The molecule has 1 aliphatic heterocycles. The number of sulfone groups is 1. The van der Waals surface area contributed by atoms with E-state index in [-0.39, 0.29) is 22.3 Å². The first-order valence-electron chi connectivity index (χ1n) is 6.33. The summed E-state index contributed by atoms with van der Waals surface area (Å²) in [5.74, 6) is -0.0410. The summed E-state index contributed by atoms with van der Waals surface area (Å²) < 4.78 is 24.6. The van der Waals surface area contributed by atoms with E-state index >= 15 is 0 Å². The third kappa shape index (κ3) is 2.54. The van der Waals surface area contributed by atoms with Gasteiger partial charge in [-0.3, -0.25) is 10.1 Å². The average Bonchev–Trinajstić information content (AvgIpc) is 2.78. The van der Waals surface area contributed by atoms with Gasteiger partial charge < -0.3 is 0 Å². The SMILES string of the molecule is CCCc1nn(C2(C)CCS(=O)(=O)C2)c(Cl)c1[N+](=O)[O-]. The molecule has 0 N–H and O–H groups in total. The summed E-state index contributed by atoms with van der Waals surface area (Å²) in [7, 11) is -3.14. The monoisotopic (exact) mass is 321 g/mol. The molecule has 1 aliphatic rings. The van der Waals surface area contributed by atoms with Gasteiger partial charge in [0.25, 0.3) is 0 Å². The molecule has 0 spiro atoms. The molecule has 20 heavy (non-hydrogen) atoms. The second-order valence-electron chi connectivity index (χ2n) is 5.34. The van der Waals surface area contributed by atoms with E-state index in [4.69, 9.17) is 11.6 Å². The molecule has 1 fully saturated rings. The smallest absolute Gasteiger partial charge is 0.258 e. The fourth-order valence-electron chi connectivity index (χ4n) is 2.54. The van der Waals surface area contributed by atoms with Crippen LogP contribution in [0.3, 0.4) is 0 Å². The van der Waals surface area contributed by atoms with Crippen LogP contribution >= 0.6 is 11.6 Å². The maximum Gasteiger partial charge on any atom is 0.329 e. The number of halogens is 1. The minimum atomic E-state index is -3.14. The Bertz CT molecular complexity index is 655. The molecule has 1 aromatic rings. The fourth-order valence-corrected chi connectivity index (χ4v) is 5.06. The molecule has 1 atom stereocenters. The minimum Gasteiger partial charge on any atom is -0.258 e. The number of aromatic nitrogens is 2. The van der Waals surface area contributed by atoms with Crippen molar-refractivity contribution in [1.29, 1.82) is 0 Å². The lowest BCUT2D eigenvalue weighted by atomic mass is 10.0. The molecule has 0 radical (unpaired) electrons. The molecule has 0 saturated carbocycles. The molecule has 1 saturated heterocycles. The average molecular weight is 322 g/mol.